The summed E-state index contributed by atoms with van der Waals surface area (Å²) in [5.41, 5.74) is 1.84. The molecule has 0 atom stereocenters. The van der Waals surface area contributed by atoms with Crippen LogP contribution < -0.4 is 5.32 Å². The van der Waals surface area contributed by atoms with Crippen LogP contribution in [0.15, 0.2) is 59.1 Å². The zero-order valence-corrected chi connectivity index (χ0v) is 18.2. The van der Waals surface area contributed by atoms with Crippen molar-refractivity contribution in [2.75, 3.05) is 6.54 Å². The van der Waals surface area contributed by atoms with Crippen molar-refractivity contribution in [2.24, 2.45) is 5.92 Å². The van der Waals surface area contributed by atoms with Gasteiger partial charge in [0.15, 0.2) is 5.76 Å². The maximum Gasteiger partial charge on any atom is 0.287 e. The van der Waals surface area contributed by atoms with Crippen molar-refractivity contribution in [1.29, 1.82) is 0 Å². The topological polar surface area (TPSA) is 67.5 Å². The van der Waals surface area contributed by atoms with Gasteiger partial charge in [0.1, 0.15) is 11.6 Å². The highest BCUT2D eigenvalue weighted by molar-refractivity contribution is 5.91. The number of nitrogens with one attached hydrogen (secondary N) is 1. The van der Waals surface area contributed by atoms with Gasteiger partial charge in [-0.05, 0) is 61.2 Å². The van der Waals surface area contributed by atoms with Crippen LogP contribution >= 0.6 is 0 Å². The molecule has 32 heavy (non-hydrogen) atoms. The quantitative estimate of drug-likeness (QED) is 0.513. The molecule has 0 saturated heterocycles. The van der Waals surface area contributed by atoms with Gasteiger partial charge in [0.05, 0.1) is 13.1 Å². The Morgan fingerprint density at radius 1 is 1.16 bits per heavy atom. The van der Waals surface area contributed by atoms with Crippen LogP contribution in [0.3, 0.4) is 0 Å². The summed E-state index contributed by atoms with van der Waals surface area (Å²) in [5.74, 6) is 0.702. The first-order chi connectivity index (χ1) is 15.5. The molecule has 1 aromatic carbocycles. The summed E-state index contributed by atoms with van der Waals surface area (Å²) in [6.45, 7) is 4.17. The van der Waals surface area contributed by atoms with E-state index in [1.54, 1.807) is 24.3 Å². The van der Waals surface area contributed by atoms with E-state index in [0.717, 1.165) is 37.1 Å². The lowest BCUT2D eigenvalue weighted by atomic mass is 10.2. The number of furan rings is 1. The molecular weight excluding hydrogens is 409 g/mol. The minimum absolute atomic E-state index is 0.200. The molecule has 1 saturated carbocycles. The maximum atomic E-state index is 13.0. The van der Waals surface area contributed by atoms with Crippen LogP contribution in [0, 0.1) is 11.7 Å². The molecule has 0 aliphatic heterocycles. The molecule has 2 aromatic heterocycles. The van der Waals surface area contributed by atoms with Crippen molar-refractivity contribution < 1.29 is 18.4 Å². The molecular formula is C25H28FN3O3. The summed E-state index contributed by atoms with van der Waals surface area (Å²) in [7, 11) is 0. The van der Waals surface area contributed by atoms with Gasteiger partial charge in [-0.2, -0.15) is 0 Å². The van der Waals surface area contributed by atoms with Crippen LogP contribution in [0.25, 0.3) is 0 Å². The molecule has 7 heteroatoms. The van der Waals surface area contributed by atoms with Gasteiger partial charge in [-0.25, -0.2) is 4.39 Å². The van der Waals surface area contributed by atoms with Gasteiger partial charge in [0, 0.05) is 30.9 Å². The highest BCUT2D eigenvalue weighted by Gasteiger charge is 2.33. The number of benzene rings is 1. The number of hydrogen-bond acceptors (Lipinski definition) is 3. The molecule has 1 fully saturated rings. The number of hydrogen-bond donors (Lipinski definition) is 1. The van der Waals surface area contributed by atoms with Gasteiger partial charge in [0.2, 0.25) is 5.91 Å². The first kappa shape index (κ1) is 21.9. The fourth-order valence-corrected chi connectivity index (χ4v) is 3.69. The van der Waals surface area contributed by atoms with Gasteiger partial charge in [0.25, 0.3) is 5.91 Å². The highest BCUT2D eigenvalue weighted by atomic mass is 19.1. The average molecular weight is 438 g/mol. The third kappa shape index (κ3) is 5.46. The lowest BCUT2D eigenvalue weighted by Gasteiger charge is -2.23. The molecule has 1 aliphatic carbocycles. The number of rotatable bonds is 10. The zero-order valence-electron chi connectivity index (χ0n) is 18.2. The van der Waals surface area contributed by atoms with Gasteiger partial charge in [-0.3, -0.25) is 9.59 Å². The van der Waals surface area contributed by atoms with E-state index >= 15 is 0 Å². The smallest absolute Gasteiger partial charge is 0.287 e. The number of amides is 2. The molecule has 1 N–H and O–H groups in total. The first-order valence-electron chi connectivity index (χ1n) is 11.1. The monoisotopic (exact) mass is 437 g/mol. The van der Waals surface area contributed by atoms with Gasteiger partial charge in [-0.15, -0.1) is 0 Å². The average Bonchev–Trinajstić information content (AvgIpc) is 3.39. The van der Waals surface area contributed by atoms with Crippen LogP contribution in [0.1, 0.15) is 53.8 Å². The lowest BCUT2D eigenvalue weighted by molar-refractivity contribution is -0.133. The summed E-state index contributed by atoms with van der Waals surface area (Å²) in [6.07, 6.45) is 4.88. The largest absolute Gasteiger partial charge is 0.454 e. The van der Waals surface area contributed by atoms with Gasteiger partial charge in [-0.1, -0.05) is 19.1 Å². The summed E-state index contributed by atoms with van der Waals surface area (Å²) in [6, 6.07) is 13.4. The Morgan fingerprint density at radius 2 is 1.94 bits per heavy atom. The van der Waals surface area contributed by atoms with Gasteiger partial charge >= 0.3 is 0 Å². The SMILES string of the molecule is CCCN(Cc1cccn1Cc1ccc(C(=O)NCc2ccc(F)cc2)o1)C(=O)C1CC1. The number of carbonyl (C=O) groups is 2. The predicted octanol–water partition coefficient (Wildman–Crippen LogP) is 4.35. The standard InChI is InChI=1S/C25H28FN3O3/c1-2-13-29(25(31)19-7-8-19)16-21-4-3-14-28(21)17-22-11-12-23(32-22)24(30)27-15-18-5-9-20(26)10-6-18/h3-6,9-12,14,19H,2,7-8,13,15-17H2,1H3,(H,27,30). The molecule has 2 heterocycles. The van der Waals surface area contributed by atoms with Crippen molar-refractivity contribution in [2.45, 2.75) is 45.8 Å². The van der Waals surface area contributed by atoms with Crippen molar-refractivity contribution in [3.8, 4) is 0 Å². The van der Waals surface area contributed by atoms with Crippen molar-refractivity contribution in [1.82, 2.24) is 14.8 Å². The van der Waals surface area contributed by atoms with Crippen LogP contribution in [-0.2, 0) is 24.4 Å². The molecule has 0 unspecified atom stereocenters. The number of carbonyl (C=O) groups excluding carboxylic acids is 2. The Hall–Kier alpha value is -3.35. The summed E-state index contributed by atoms with van der Waals surface area (Å²) < 4.78 is 20.8. The summed E-state index contributed by atoms with van der Waals surface area (Å²) >= 11 is 0. The highest BCUT2D eigenvalue weighted by Crippen LogP contribution is 2.31. The number of aromatic nitrogens is 1. The second-order valence-electron chi connectivity index (χ2n) is 8.24. The number of nitrogens with zero attached hydrogens (tertiary/aromatic N) is 2. The van der Waals surface area contributed by atoms with Crippen molar-refractivity contribution >= 4 is 11.8 Å². The maximum absolute atomic E-state index is 13.0. The Labute approximate surface area is 187 Å². The van der Waals surface area contributed by atoms with Crippen LogP contribution in [0.5, 0.6) is 0 Å². The Kier molecular flexibility index (Phi) is 6.73. The molecule has 4 rings (SSSR count). The van der Waals surface area contributed by atoms with Crippen LogP contribution in [0.4, 0.5) is 4.39 Å². The lowest BCUT2D eigenvalue weighted by Crippen LogP contribution is -2.33. The predicted molar refractivity (Wildman–Crippen MR) is 118 cm³/mol. The second-order valence-corrected chi connectivity index (χ2v) is 8.24. The molecule has 6 nitrogen and oxygen atoms in total. The molecule has 2 amide bonds. The molecule has 3 aromatic rings. The number of halogens is 1. The second kappa shape index (κ2) is 9.85. The first-order valence-corrected chi connectivity index (χ1v) is 11.1. The van der Waals surface area contributed by atoms with E-state index < -0.39 is 0 Å². The van der Waals surface area contributed by atoms with E-state index in [9.17, 15) is 14.0 Å². The Morgan fingerprint density at radius 3 is 2.66 bits per heavy atom. The zero-order chi connectivity index (χ0) is 22.5. The summed E-state index contributed by atoms with van der Waals surface area (Å²) in [4.78, 5) is 26.9. The van der Waals surface area contributed by atoms with Crippen molar-refractivity contribution in [3.63, 3.8) is 0 Å². The van der Waals surface area contributed by atoms with E-state index in [4.69, 9.17) is 4.42 Å². The molecule has 0 bridgehead atoms. The molecule has 168 valence electrons. The van der Waals surface area contributed by atoms with Crippen molar-refractivity contribution in [3.05, 3.63) is 83.3 Å². The van der Waals surface area contributed by atoms with E-state index in [2.05, 4.69) is 12.2 Å². The van der Waals surface area contributed by atoms with Gasteiger partial charge < -0.3 is 19.2 Å². The van der Waals surface area contributed by atoms with E-state index in [1.165, 1.54) is 12.1 Å². The van der Waals surface area contributed by atoms with E-state index in [-0.39, 0.29) is 29.3 Å². The Balaban J connectivity index is 1.36. The molecule has 0 spiro atoms. The van der Waals surface area contributed by atoms with Crippen LogP contribution in [-0.4, -0.2) is 27.8 Å². The summed E-state index contributed by atoms with van der Waals surface area (Å²) in [5, 5.41) is 2.78. The normalized spacial score (nSPS) is 13.2. The van der Waals surface area contributed by atoms with Crippen LogP contribution in [0.2, 0.25) is 0 Å². The minimum atomic E-state index is -0.322. The third-order valence-corrected chi connectivity index (χ3v) is 5.59. The fourth-order valence-electron chi connectivity index (χ4n) is 3.69. The third-order valence-electron chi connectivity index (χ3n) is 5.59. The van der Waals surface area contributed by atoms with E-state index in [0.29, 0.717) is 25.4 Å². The van der Waals surface area contributed by atoms with E-state index in [1.807, 2.05) is 27.8 Å². The fraction of sp³-hybridized carbons (Fsp3) is 0.360. The minimum Gasteiger partial charge on any atom is -0.454 e. The Bertz CT molecular complexity index is 1070. The molecule has 0 radical (unpaired) electrons. The molecule has 1 aliphatic rings.